The second-order valence-electron chi connectivity index (χ2n) is 7.87. The van der Waals surface area contributed by atoms with Crippen LogP contribution in [0.15, 0.2) is 24.3 Å². The number of hydrogen-bond donors (Lipinski definition) is 0. The third-order valence-electron chi connectivity index (χ3n) is 5.21. The molecule has 0 N–H and O–H groups in total. The number of ether oxygens (including phenoxy) is 1. The average molecular weight is 386 g/mol. The number of carbonyl (C=O) groups is 1. The second-order valence-corrected chi connectivity index (χ2v) is 7.87. The summed E-state index contributed by atoms with van der Waals surface area (Å²) in [6, 6.07) is 8.18. The van der Waals surface area contributed by atoms with Gasteiger partial charge in [0.15, 0.2) is 12.4 Å². The van der Waals surface area contributed by atoms with Gasteiger partial charge < -0.3 is 14.0 Å². The van der Waals surface area contributed by atoms with Gasteiger partial charge in [-0.05, 0) is 57.3 Å². The zero-order valence-corrected chi connectivity index (χ0v) is 17.1. The Labute approximate surface area is 165 Å². The summed E-state index contributed by atoms with van der Waals surface area (Å²) in [5, 5.41) is 12.1. The van der Waals surface area contributed by atoms with Crippen LogP contribution >= 0.6 is 0 Å². The molecule has 1 aliphatic heterocycles. The summed E-state index contributed by atoms with van der Waals surface area (Å²) in [5.74, 6) is 0.226. The van der Waals surface area contributed by atoms with E-state index in [1.54, 1.807) is 6.92 Å². The van der Waals surface area contributed by atoms with Crippen LogP contribution in [0, 0.1) is 0 Å². The molecular weight excluding hydrogens is 359 g/mol. The van der Waals surface area contributed by atoms with E-state index in [1.165, 1.54) is 4.80 Å². The molecule has 0 bridgehead atoms. The summed E-state index contributed by atoms with van der Waals surface area (Å²) in [4.78, 5) is 12.7. The van der Waals surface area contributed by atoms with E-state index in [2.05, 4.69) is 27.5 Å². The molecule has 1 saturated heterocycles. The Bertz CT molecular complexity index is 804. The van der Waals surface area contributed by atoms with E-state index < -0.39 is 0 Å². The maximum Gasteiger partial charge on any atom is 0.494 e. The van der Waals surface area contributed by atoms with E-state index in [0.29, 0.717) is 18.9 Å². The second kappa shape index (κ2) is 8.01. The Kier molecular flexibility index (Phi) is 5.86. The summed E-state index contributed by atoms with van der Waals surface area (Å²) >= 11 is 0. The maximum atomic E-state index is 11.5. The standard InChI is InChI=1S/C19H27BN4O4/c1-6-26-17(25)13-24-22-16(21-23-24)12-9-14-7-10-15(11-8-14)20-27-18(2,3)19(4,5)28-20/h7-8,10-11H,6,9,12-13H2,1-5H3. The van der Waals surface area contributed by atoms with Gasteiger partial charge in [0.1, 0.15) is 0 Å². The number of hydrogen-bond acceptors (Lipinski definition) is 7. The third-order valence-corrected chi connectivity index (χ3v) is 5.21. The van der Waals surface area contributed by atoms with Crippen LogP contribution in [0.1, 0.15) is 46.0 Å². The quantitative estimate of drug-likeness (QED) is 0.524. The van der Waals surface area contributed by atoms with Crippen LogP contribution in [0.4, 0.5) is 0 Å². The molecule has 1 aromatic carbocycles. The third kappa shape index (κ3) is 4.59. The molecule has 8 nitrogen and oxygen atoms in total. The van der Waals surface area contributed by atoms with Gasteiger partial charge in [-0.15, -0.1) is 10.2 Å². The molecule has 9 heteroatoms. The maximum absolute atomic E-state index is 11.5. The summed E-state index contributed by atoms with van der Waals surface area (Å²) in [5.41, 5.74) is 1.46. The van der Waals surface area contributed by atoms with Crippen LogP contribution in [0.25, 0.3) is 0 Å². The van der Waals surface area contributed by atoms with Gasteiger partial charge in [-0.2, -0.15) is 4.80 Å². The lowest BCUT2D eigenvalue weighted by atomic mass is 9.78. The van der Waals surface area contributed by atoms with Gasteiger partial charge in [-0.25, -0.2) is 4.79 Å². The first-order chi connectivity index (χ1) is 13.2. The van der Waals surface area contributed by atoms with Crippen molar-refractivity contribution in [3.63, 3.8) is 0 Å². The highest BCUT2D eigenvalue weighted by Crippen LogP contribution is 2.36. The number of tetrazole rings is 1. The smallest absolute Gasteiger partial charge is 0.465 e. The molecular formula is C19H27BN4O4. The van der Waals surface area contributed by atoms with Crippen molar-refractivity contribution < 1.29 is 18.8 Å². The molecule has 3 rings (SSSR count). The van der Waals surface area contributed by atoms with Crippen LogP contribution < -0.4 is 5.46 Å². The molecule has 150 valence electrons. The summed E-state index contributed by atoms with van der Waals surface area (Å²) in [6.45, 7) is 10.3. The number of carbonyl (C=O) groups excluding carboxylic acids is 1. The van der Waals surface area contributed by atoms with E-state index in [1.807, 2.05) is 39.8 Å². The molecule has 2 heterocycles. The molecule has 0 amide bonds. The topological polar surface area (TPSA) is 88.4 Å². The SMILES string of the molecule is CCOC(=O)Cn1nnc(CCc2ccc(B3OC(C)(C)C(C)(C)O3)cc2)n1. The molecule has 2 aromatic rings. The van der Waals surface area contributed by atoms with E-state index >= 15 is 0 Å². The minimum atomic E-state index is -0.371. The van der Waals surface area contributed by atoms with E-state index in [0.717, 1.165) is 17.4 Å². The number of benzene rings is 1. The Morgan fingerprint density at radius 2 is 1.75 bits per heavy atom. The average Bonchev–Trinajstić information content (AvgIpc) is 3.15. The minimum Gasteiger partial charge on any atom is -0.465 e. The van der Waals surface area contributed by atoms with Gasteiger partial charge >= 0.3 is 13.1 Å². The zero-order valence-electron chi connectivity index (χ0n) is 17.1. The molecule has 1 fully saturated rings. The molecule has 1 aliphatic rings. The Hall–Kier alpha value is -2.26. The first-order valence-electron chi connectivity index (χ1n) is 9.57. The highest BCUT2D eigenvalue weighted by Gasteiger charge is 2.51. The predicted octanol–water partition coefficient (Wildman–Crippen LogP) is 1.32. The predicted molar refractivity (Wildman–Crippen MR) is 104 cm³/mol. The summed E-state index contributed by atoms with van der Waals surface area (Å²) < 4.78 is 17.0. The van der Waals surface area contributed by atoms with Gasteiger partial charge in [0, 0.05) is 6.42 Å². The van der Waals surface area contributed by atoms with Gasteiger partial charge in [0.05, 0.1) is 17.8 Å². The first-order valence-corrected chi connectivity index (χ1v) is 9.57. The van der Waals surface area contributed by atoms with Gasteiger partial charge in [0.2, 0.25) is 0 Å². The molecule has 0 spiro atoms. The molecule has 0 saturated carbocycles. The largest absolute Gasteiger partial charge is 0.494 e. The number of esters is 1. The highest BCUT2D eigenvalue weighted by atomic mass is 16.7. The number of aryl methyl sites for hydroxylation is 2. The molecule has 0 atom stereocenters. The van der Waals surface area contributed by atoms with Gasteiger partial charge in [0.25, 0.3) is 0 Å². The van der Waals surface area contributed by atoms with E-state index in [-0.39, 0.29) is 30.8 Å². The van der Waals surface area contributed by atoms with Crippen molar-refractivity contribution >= 4 is 18.6 Å². The van der Waals surface area contributed by atoms with Crippen LogP contribution in [0.5, 0.6) is 0 Å². The minimum absolute atomic E-state index is 0.0242. The van der Waals surface area contributed by atoms with Crippen molar-refractivity contribution in [3.8, 4) is 0 Å². The lowest BCUT2D eigenvalue weighted by Gasteiger charge is -2.32. The Balaban J connectivity index is 1.54. The van der Waals surface area contributed by atoms with Crippen molar-refractivity contribution in [3.05, 3.63) is 35.7 Å². The normalized spacial score (nSPS) is 17.7. The fraction of sp³-hybridized carbons (Fsp3) is 0.579. The van der Waals surface area contributed by atoms with E-state index in [9.17, 15) is 4.79 Å². The van der Waals surface area contributed by atoms with Gasteiger partial charge in [-0.1, -0.05) is 24.3 Å². The molecule has 28 heavy (non-hydrogen) atoms. The highest BCUT2D eigenvalue weighted by molar-refractivity contribution is 6.62. The molecule has 0 unspecified atom stereocenters. The fourth-order valence-electron chi connectivity index (χ4n) is 2.84. The number of nitrogens with zero attached hydrogens (tertiary/aromatic N) is 4. The summed E-state index contributed by atoms with van der Waals surface area (Å²) in [6.07, 6.45) is 1.41. The molecule has 1 aromatic heterocycles. The fourth-order valence-corrected chi connectivity index (χ4v) is 2.84. The number of rotatable bonds is 7. The van der Waals surface area contributed by atoms with Crippen LogP contribution in [-0.2, 0) is 38.2 Å². The van der Waals surface area contributed by atoms with Crippen LogP contribution in [0.2, 0.25) is 0 Å². The van der Waals surface area contributed by atoms with Crippen molar-refractivity contribution in [2.45, 2.75) is 65.2 Å². The monoisotopic (exact) mass is 386 g/mol. The van der Waals surface area contributed by atoms with E-state index in [4.69, 9.17) is 14.0 Å². The first kappa shape index (κ1) is 20.5. The van der Waals surface area contributed by atoms with Crippen LogP contribution in [0.3, 0.4) is 0 Å². The molecule has 0 aliphatic carbocycles. The Morgan fingerprint density at radius 3 is 2.36 bits per heavy atom. The van der Waals surface area contributed by atoms with Crippen molar-refractivity contribution in [1.29, 1.82) is 0 Å². The molecule has 0 radical (unpaired) electrons. The zero-order chi connectivity index (χ0) is 20.4. The van der Waals surface area contributed by atoms with Crippen molar-refractivity contribution in [1.82, 2.24) is 20.2 Å². The Morgan fingerprint density at radius 1 is 1.11 bits per heavy atom. The van der Waals surface area contributed by atoms with Crippen molar-refractivity contribution in [2.24, 2.45) is 0 Å². The van der Waals surface area contributed by atoms with Crippen LogP contribution in [-0.4, -0.2) is 51.1 Å². The van der Waals surface area contributed by atoms with Crippen molar-refractivity contribution in [2.75, 3.05) is 6.61 Å². The van der Waals surface area contributed by atoms with Gasteiger partial charge in [-0.3, -0.25) is 0 Å². The summed E-state index contributed by atoms with van der Waals surface area (Å²) in [7, 11) is -0.358. The lowest BCUT2D eigenvalue weighted by Crippen LogP contribution is -2.41. The lowest BCUT2D eigenvalue weighted by molar-refractivity contribution is -0.144. The number of aromatic nitrogens is 4.